The van der Waals surface area contributed by atoms with E-state index >= 15 is 0 Å². The van der Waals surface area contributed by atoms with Crippen molar-refractivity contribution in [2.75, 3.05) is 31.4 Å². The Morgan fingerprint density at radius 1 is 1.38 bits per heavy atom. The van der Waals surface area contributed by atoms with E-state index in [-0.39, 0.29) is 17.2 Å². The normalized spacial score (nSPS) is 15.2. The molecule has 3 rings (SSSR count). The van der Waals surface area contributed by atoms with Gasteiger partial charge in [0.1, 0.15) is 5.75 Å². The highest BCUT2D eigenvalue weighted by atomic mass is 32.2. The molecule has 1 amide bonds. The molecule has 1 atom stereocenters. The predicted molar refractivity (Wildman–Crippen MR) is 116 cm³/mol. The molecule has 1 unspecified atom stereocenters. The quantitative estimate of drug-likeness (QED) is 0.479. The molecule has 2 heterocycles. The second-order valence-electron chi connectivity index (χ2n) is 6.55. The maximum Gasteiger partial charge on any atom is 0.268 e. The standard InChI is InChI=1S/C20H25N3O4S2/c1-4-27-15-7-5-14(6-8-15)21-17(24)12-28-20-22-16-11-13(2)29-18(16)19(25)23(20)9-10-26-3/h5-8,13H,4,9-12H2,1-3H3,(H,21,24). The van der Waals surface area contributed by atoms with E-state index in [0.717, 1.165) is 22.8 Å². The average molecular weight is 436 g/mol. The summed E-state index contributed by atoms with van der Waals surface area (Å²) in [6.07, 6.45) is 0.770. The Hall–Kier alpha value is -1.97. The van der Waals surface area contributed by atoms with E-state index in [1.807, 2.05) is 19.1 Å². The van der Waals surface area contributed by atoms with Crippen molar-refractivity contribution in [1.29, 1.82) is 0 Å². The molecule has 1 aromatic heterocycles. The van der Waals surface area contributed by atoms with Gasteiger partial charge in [0.25, 0.3) is 5.56 Å². The maximum absolute atomic E-state index is 12.9. The number of nitrogens with zero attached hydrogens (tertiary/aromatic N) is 2. The van der Waals surface area contributed by atoms with Gasteiger partial charge in [-0.3, -0.25) is 14.2 Å². The van der Waals surface area contributed by atoms with Gasteiger partial charge in [-0.15, -0.1) is 11.8 Å². The van der Waals surface area contributed by atoms with E-state index in [1.54, 1.807) is 35.6 Å². The van der Waals surface area contributed by atoms with Crippen molar-refractivity contribution in [1.82, 2.24) is 9.55 Å². The zero-order valence-electron chi connectivity index (χ0n) is 16.8. The van der Waals surface area contributed by atoms with Crippen LogP contribution in [0.5, 0.6) is 5.75 Å². The lowest BCUT2D eigenvalue weighted by Crippen LogP contribution is -2.27. The van der Waals surface area contributed by atoms with Gasteiger partial charge >= 0.3 is 0 Å². The second-order valence-corrected chi connectivity index (χ2v) is 8.94. The molecule has 1 aliphatic heterocycles. The summed E-state index contributed by atoms with van der Waals surface area (Å²) >= 11 is 2.84. The number of benzene rings is 1. The highest BCUT2D eigenvalue weighted by molar-refractivity contribution is 8.00. The fourth-order valence-corrected chi connectivity index (χ4v) is 4.91. The Balaban J connectivity index is 1.69. The van der Waals surface area contributed by atoms with Crippen molar-refractivity contribution in [3.8, 4) is 5.75 Å². The lowest BCUT2D eigenvalue weighted by Gasteiger charge is -2.13. The Labute approximate surface area is 178 Å². The van der Waals surface area contributed by atoms with Gasteiger partial charge in [-0.1, -0.05) is 18.7 Å². The van der Waals surface area contributed by atoms with Crippen molar-refractivity contribution in [3.05, 3.63) is 40.3 Å². The van der Waals surface area contributed by atoms with E-state index < -0.39 is 0 Å². The molecule has 2 aromatic rings. The van der Waals surface area contributed by atoms with Crippen LogP contribution in [0.3, 0.4) is 0 Å². The molecule has 0 radical (unpaired) electrons. The topological polar surface area (TPSA) is 82.5 Å². The molecule has 9 heteroatoms. The van der Waals surface area contributed by atoms with Crippen molar-refractivity contribution < 1.29 is 14.3 Å². The maximum atomic E-state index is 12.9. The predicted octanol–water partition coefficient (Wildman–Crippen LogP) is 3.06. The van der Waals surface area contributed by atoms with Crippen molar-refractivity contribution in [2.24, 2.45) is 0 Å². The van der Waals surface area contributed by atoms with Crippen molar-refractivity contribution >= 4 is 35.1 Å². The van der Waals surface area contributed by atoms with E-state index in [1.165, 1.54) is 11.8 Å². The summed E-state index contributed by atoms with van der Waals surface area (Å²) in [5, 5.41) is 3.75. The summed E-state index contributed by atoms with van der Waals surface area (Å²) < 4.78 is 12.2. The number of anilines is 1. The number of nitrogens with one attached hydrogen (secondary N) is 1. The molecule has 1 aromatic carbocycles. The molecule has 0 saturated carbocycles. The molecule has 1 N–H and O–H groups in total. The zero-order valence-corrected chi connectivity index (χ0v) is 18.4. The molecule has 0 aliphatic carbocycles. The van der Waals surface area contributed by atoms with Crippen molar-refractivity contribution in [2.45, 2.75) is 42.1 Å². The summed E-state index contributed by atoms with van der Waals surface area (Å²) in [7, 11) is 1.60. The van der Waals surface area contributed by atoms with Gasteiger partial charge < -0.3 is 14.8 Å². The first-order valence-corrected chi connectivity index (χ1v) is 11.3. The highest BCUT2D eigenvalue weighted by Crippen LogP contribution is 2.34. The van der Waals surface area contributed by atoms with Crippen LogP contribution in [0.4, 0.5) is 5.69 Å². The number of hydrogen-bond acceptors (Lipinski definition) is 7. The first-order valence-electron chi connectivity index (χ1n) is 9.46. The zero-order chi connectivity index (χ0) is 20.8. The summed E-state index contributed by atoms with van der Waals surface area (Å²) in [6.45, 7) is 5.42. The number of aromatic nitrogens is 2. The number of fused-ring (bicyclic) bond motifs is 1. The van der Waals surface area contributed by atoms with Gasteiger partial charge in [0.2, 0.25) is 5.91 Å². The Morgan fingerprint density at radius 2 is 2.14 bits per heavy atom. The van der Waals surface area contributed by atoms with Gasteiger partial charge in [-0.25, -0.2) is 4.98 Å². The van der Waals surface area contributed by atoms with Crippen LogP contribution in [0.1, 0.15) is 19.5 Å². The molecule has 0 spiro atoms. The molecule has 0 bridgehead atoms. The van der Waals surface area contributed by atoms with E-state index in [2.05, 4.69) is 17.2 Å². The molecular weight excluding hydrogens is 410 g/mol. The minimum Gasteiger partial charge on any atom is -0.494 e. The SMILES string of the molecule is CCOc1ccc(NC(=O)CSc2nc3c(c(=O)n2CCOC)SC(C)C3)cc1. The molecule has 156 valence electrons. The fourth-order valence-electron chi connectivity index (χ4n) is 2.95. The molecule has 7 nitrogen and oxygen atoms in total. The Bertz CT molecular complexity index is 915. The van der Waals surface area contributed by atoms with Crippen LogP contribution in [0.25, 0.3) is 0 Å². The van der Waals surface area contributed by atoms with Crippen LogP contribution < -0.4 is 15.6 Å². The minimum absolute atomic E-state index is 0.0455. The summed E-state index contributed by atoms with van der Waals surface area (Å²) in [5.74, 6) is 0.764. The van der Waals surface area contributed by atoms with Gasteiger partial charge in [0.05, 0.1) is 36.1 Å². The van der Waals surface area contributed by atoms with Gasteiger partial charge in [0.15, 0.2) is 5.16 Å². The lowest BCUT2D eigenvalue weighted by molar-refractivity contribution is -0.113. The second kappa shape index (κ2) is 10.2. The van der Waals surface area contributed by atoms with E-state index in [4.69, 9.17) is 9.47 Å². The molecule has 0 saturated heterocycles. The molecule has 29 heavy (non-hydrogen) atoms. The monoisotopic (exact) mass is 435 g/mol. The van der Waals surface area contributed by atoms with Crippen LogP contribution in [-0.4, -0.2) is 46.8 Å². The Kier molecular flexibility index (Phi) is 7.63. The fraction of sp³-hybridized carbons (Fsp3) is 0.450. The van der Waals surface area contributed by atoms with Crippen LogP contribution in [0.2, 0.25) is 0 Å². The third kappa shape index (κ3) is 5.55. The summed E-state index contributed by atoms with van der Waals surface area (Å²) in [5.41, 5.74) is 1.48. The number of ether oxygens (including phenoxy) is 2. The molecule has 1 aliphatic rings. The third-order valence-electron chi connectivity index (χ3n) is 4.26. The van der Waals surface area contributed by atoms with Crippen LogP contribution in [0, 0.1) is 0 Å². The van der Waals surface area contributed by atoms with Crippen LogP contribution in [0.15, 0.2) is 39.1 Å². The van der Waals surface area contributed by atoms with Crippen molar-refractivity contribution in [3.63, 3.8) is 0 Å². The van der Waals surface area contributed by atoms with Gasteiger partial charge in [-0.05, 0) is 31.2 Å². The number of thioether (sulfide) groups is 2. The molecular formula is C20H25N3O4S2. The minimum atomic E-state index is -0.157. The van der Waals surface area contributed by atoms with Crippen LogP contribution >= 0.6 is 23.5 Å². The van der Waals surface area contributed by atoms with E-state index in [9.17, 15) is 9.59 Å². The number of amides is 1. The summed E-state index contributed by atoms with van der Waals surface area (Å²) in [4.78, 5) is 30.7. The van der Waals surface area contributed by atoms with Gasteiger partial charge in [0, 0.05) is 24.5 Å². The number of rotatable bonds is 9. The van der Waals surface area contributed by atoms with Crippen LogP contribution in [-0.2, 0) is 22.5 Å². The van der Waals surface area contributed by atoms with E-state index in [0.29, 0.717) is 35.9 Å². The molecule has 0 fully saturated rings. The third-order valence-corrected chi connectivity index (χ3v) is 6.45. The average Bonchev–Trinajstić information content (AvgIpc) is 3.08. The number of carbonyl (C=O) groups excluding carboxylic acids is 1. The number of carbonyl (C=O) groups is 1. The largest absolute Gasteiger partial charge is 0.494 e. The highest BCUT2D eigenvalue weighted by Gasteiger charge is 2.26. The summed E-state index contributed by atoms with van der Waals surface area (Å²) in [6, 6.07) is 7.23. The lowest BCUT2D eigenvalue weighted by atomic mass is 10.2. The first kappa shape index (κ1) is 21.7. The number of methoxy groups -OCH3 is 1. The Morgan fingerprint density at radius 3 is 2.83 bits per heavy atom. The van der Waals surface area contributed by atoms with Gasteiger partial charge in [-0.2, -0.15) is 0 Å². The number of hydrogen-bond donors (Lipinski definition) is 1. The first-order chi connectivity index (χ1) is 14.0. The smallest absolute Gasteiger partial charge is 0.268 e.